The van der Waals surface area contributed by atoms with Crippen molar-refractivity contribution in [2.75, 3.05) is 39.3 Å². The quantitative estimate of drug-likeness (QED) is 0.850. The van der Waals surface area contributed by atoms with Crippen LogP contribution in [-0.2, 0) is 22.6 Å². The summed E-state index contributed by atoms with van der Waals surface area (Å²) in [5.74, 6) is -0.306. The van der Waals surface area contributed by atoms with E-state index >= 15 is 0 Å². The van der Waals surface area contributed by atoms with E-state index in [0.717, 1.165) is 51.4 Å². The highest BCUT2D eigenvalue weighted by molar-refractivity contribution is 5.85. The standard InChI is InChI=1S/C20H28N4O2/c21-20(25)15-24-13-16(18-5-1-2-6-19(18)24)12-22-7-9-23(10-8-22)14-17-4-3-11-26-17/h1-2,5-6,13,17H,3-4,7-12,14-15H2,(H2,21,25)/t17-/m0/s1. The van der Waals surface area contributed by atoms with Crippen LogP contribution in [-0.4, -0.2) is 65.7 Å². The second kappa shape index (κ2) is 7.78. The third kappa shape index (κ3) is 3.92. The molecule has 6 heteroatoms. The van der Waals surface area contributed by atoms with Crippen LogP contribution in [0, 0.1) is 0 Å². The van der Waals surface area contributed by atoms with E-state index in [4.69, 9.17) is 10.5 Å². The number of hydrogen-bond acceptors (Lipinski definition) is 4. The minimum Gasteiger partial charge on any atom is -0.377 e. The highest BCUT2D eigenvalue weighted by Crippen LogP contribution is 2.23. The van der Waals surface area contributed by atoms with Gasteiger partial charge < -0.3 is 15.0 Å². The molecule has 0 spiro atoms. The normalized spacial score (nSPS) is 22.2. The van der Waals surface area contributed by atoms with Crippen LogP contribution in [0.5, 0.6) is 0 Å². The zero-order valence-corrected chi connectivity index (χ0v) is 15.3. The molecule has 2 aliphatic rings. The summed E-state index contributed by atoms with van der Waals surface area (Å²) in [5.41, 5.74) is 7.76. The van der Waals surface area contributed by atoms with Crippen molar-refractivity contribution >= 4 is 16.8 Å². The molecule has 1 aromatic heterocycles. The van der Waals surface area contributed by atoms with E-state index in [2.05, 4.69) is 34.2 Å². The molecule has 0 saturated carbocycles. The van der Waals surface area contributed by atoms with Gasteiger partial charge in [-0.1, -0.05) is 18.2 Å². The molecule has 3 heterocycles. The summed E-state index contributed by atoms with van der Waals surface area (Å²) in [6, 6.07) is 8.25. The maximum Gasteiger partial charge on any atom is 0.237 e. The lowest BCUT2D eigenvalue weighted by molar-refractivity contribution is -0.118. The van der Waals surface area contributed by atoms with Crippen molar-refractivity contribution in [3.63, 3.8) is 0 Å². The first-order chi connectivity index (χ1) is 12.7. The van der Waals surface area contributed by atoms with Gasteiger partial charge in [-0.2, -0.15) is 0 Å². The van der Waals surface area contributed by atoms with Crippen LogP contribution in [0.4, 0.5) is 0 Å². The van der Waals surface area contributed by atoms with Crippen molar-refractivity contribution in [3.05, 3.63) is 36.0 Å². The molecule has 26 heavy (non-hydrogen) atoms. The van der Waals surface area contributed by atoms with Crippen molar-refractivity contribution in [2.24, 2.45) is 5.73 Å². The van der Waals surface area contributed by atoms with Crippen LogP contribution in [0.25, 0.3) is 10.9 Å². The number of para-hydroxylation sites is 1. The molecule has 0 aliphatic carbocycles. The highest BCUT2D eigenvalue weighted by Gasteiger charge is 2.23. The average molecular weight is 356 g/mol. The molecule has 1 amide bonds. The van der Waals surface area contributed by atoms with Gasteiger partial charge in [0.1, 0.15) is 6.54 Å². The van der Waals surface area contributed by atoms with Crippen LogP contribution in [0.1, 0.15) is 18.4 Å². The molecule has 2 N–H and O–H groups in total. The SMILES string of the molecule is NC(=O)Cn1cc(CN2CCN(C[C@@H]3CCCO3)CC2)c2ccccc21. The Morgan fingerprint density at radius 2 is 1.92 bits per heavy atom. The van der Waals surface area contributed by atoms with Gasteiger partial charge in [0.25, 0.3) is 0 Å². The molecule has 140 valence electrons. The summed E-state index contributed by atoms with van der Waals surface area (Å²) in [6.45, 7) is 7.49. The van der Waals surface area contributed by atoms with Crippen LogP contribution in [0.2, 0.25) is 0 Å². The van der Waals surface area contributed by atoms with E-state index < -0.39 is 0 Å². The topological polar surface area (TPSA) is 63.7 Å². The van der Waals surface area contributed by atoms with Gasteiger partial charge in [-0.05, 0) is 24.5 Å². The molecular formula is C20H28N4O2. The molecule has 0 radical (unpaired) electrons. The van der Waals surface area contributed by atoms with E-state index in [1.54, 1.807) is 0 Å². The minimum absolute atomic E-state index is 0.232. The number of carbonyl (C=O) groups excluding carboxylic acids is 1. The van der Waals surface area contributed by atoms with E-state index in [1.807, 2.05) is 10.6 Å². The number of ether oxygens (including phenoxy) is 1. The van der Waals surface area contributed by atoms with Crippen LogP contribution in [0.3, 0.4) is 0 Å². The fourth-order valence-corrected chi connectivity index (χ4v) is 4.19. The Balaban J connectivity index is 1.39. The number of piperazine rings is 1. The minimum atomic E-state index is -0.306. The zero-order valence-electron chi connectivity index (χ0n) is 15.3. The molecule has 2 aromatic rings. The average Bonchev–Trinajstić information content (AvgIpc) is 3.25. The number of nitrogens with two attached hydrogens (primary N) is 1. The first-order valence-corrected chi connectivity index (χ1v) is 9.60. The van der Waals surface area contributed by atoms with E-state index in [0.29, 0.717) is 6.10 Å². The Labute approximate surface area is 154 Å². The summed E-state index contributed by atoms with van der Waals surface area (Å²) in [4.78, 5) is 16.4. The lowest BCUT2D eigenvalue weighted by Gasteiger charge is -2.35. The zero-order chi connectivity index (χ0) is 17.9. The van der Waals surface area contributed by atoms with Crippen molar-refractivity contribution < 1.29 is 9.53 Å². The maximum absolute atomic E-state index is 11.4. The summed E-state index contributed by atoms with van der Waals surface area (Å²) >= 11 is 0. The molecule has 4 rings (SSSR count). The van der Waals surface area contributed by atoms with Crippen molar-refractivity contribution in [1.29, 1.82) is 0 Å². The molecule has 2 saturated heterocycles. The Kier molecular flexibility index (Phi) is 5.24. The number of carbonyl (C=O) groups is 1. The number of rotatable bonds is 6. The van der Waals surface area contributed by atoms with E-state index in [1.165, 1.54) is 23.8 Å². The molecule has 1 aromatic carbocycles. The Morgan fingerprint density at radius 3 is 2.65 bits per heavy atom. The number of amides is 1. The lowest BCUT2D eigenvalue weighted by Crippen LogP contribution is -2.48. The number of aromatic nitrogens is 1. The third-order valence-corrected chi connectivity index (χ3v) is 5.54. The number of nitrogens with zero attached hydrogens (tertiary/aromatic N) is 3. The fourth-order valence-electron chi connectivity index (χ4n) is 4.19. The molecule has 2 aliphatic heterocycles. The van der Waals surface area contributed by atoms with Gasteiger partial charge in [-0.25, -0.2) is 0 Å². The van der Waals surface area contributed by atoms with E-state index in [-0.39, 0.29) is 12.5 Å². The van der Waals surface area contributed by atoms with Gasteiger partial charge in [-0.15, -0.1) is 0 Å². The smallest absolute Gasteiger partial charge is 0.237 e. The highest BCUT2D eigenvalue weighted by atomic mass is 16.5. The third-order valence-electron chi connectivity index (χ3n) is 5.54. The molecule has 0 unspecified atom stereocenters. The molecule has 2 fully saturated rings. The molecule has 0 bridgehead atoms. The first-order valence-electron chi connectivity index (χ1n) is 9.60. The largest absolute Gasteiger partial charge is 0.377 e. The first kappa shape index (κ1) is 17.5. The number of hydrogen-bond donors (Lipinski definition) is 1. The van der Waals surface area contributed by atoms with Gasteiger partial charge in [0.15, 0.2) is 0 Å². The molecular weight excluding hydrogens is 328 g/mol. The number of primary amides is 1. The Morgan fingerprint density at radius 1 is 1.15 bits per heavy atom. The van der Waals surface area contributed by atoms with Gasteiger partial charge in [0.2, 0.25) is 5.91 Å². The Bertz CT molecular complexity index is 758. The molecule has 6 nitrogen and oxygen atoms in total. The maximum atomic E-state index is 11.4. The molecule has 1 atom stereocenters. The summed E-state index contributed by atoms with van der Waals surface area (Å²) in [5, 5.41) is 1.22. The second-order valence-electron chi connectivity index (χ2n) is 7.48. The predicted molar refractivity (Wildman–Crippen MR) is 102 cm³/mol. The monoisotopic (exact) mass is 356 g/mol. The van der Waals surface area contributed by atoms with Crippen LogP contribution < -0.4 is 5.73 Å². The number of benzene rings is 1. The van der Waals surface area contributed by atoms with Crippen molar-refractivity contribution in [1.82, 2.24) is 14.4 Å². The predicted octanol–water partition coefficient (Wildman–Crippen LogP) is 1.42. The van der Waals surface area contributed by atoms with Gasteiger partial charge >= 0.3 is 0 Å². The van der Waals surface area contributed by atoms with Crippen LogP contribution in [0.15, 0.2) is 30.5 Å². The van der Waals surface area contributed by atoms with E-state index in [9.17, 15) is 4.79 Å². The summed E-state index contributed by atoms with van der Waals surface area (Å²) in [7, 11) is 0. The second-order valence-corrected chi connectivity index (χ2v) is 7.48. The lowest BCUT2D eigenvalue weighted by atomic mass is 10.1. The van der Waals surface area contributed by atoms with Crippen molar-refractivity contribution in [3.8, 4) is 0 Å². The summed E-state index contributed by atoms with van der Waals surface area (Å²) < 4.78 is 7.74. The van der Waals surface area contributed by atoms with Crippen LogP contribution >= 0.6 is 0 Å². The Hall–Kier alpha value is -1.89. The van der Waals surface area contributed by atoms with Gasteiger partial charge in [-0.3, -0.25) is 14.6 Å². The summed E-state index contributed by atoms with van der Waals surface area (Å²) in [6.07, 6.45) is 4.95. The van der Waals surface area contributed by atoms with Gasteiger partial charge in [0, 0.05) is 63.0 Å². The van der Waals surface area contributed by atoms with Crippen molar-refractivity contribution in [2.45, 2.75) is 32.0 Å². The van der Waals surface area contributed by atoms with Gasteiger partial charge in [0.05, 0.1) is 6.10 Å². The fraction of sp³-hybridized carbons (Fsp3) is 0.550. The number of fused-ring (bicyclic) bond motifs is 1.